The Morgan fingerprint density at radius 2 is 2.11 bits per heavy atom. The van der Waals surface area contributed by atoms with Gasteiger partial charge in [0.2, 0.25) is 5.88 Å². The zero-order chi connectivity index (χ0) is 13.8. The minimum absolute atomic E-state index is 0.0134. The molecule has 3 N–H and O–H groups in total. The summed E-state index contributed by atoms with van der Waals surface area (Å²) in [7, 11) is 0. The molecule has 1 aromatic heterocycles. The Kier molecular flexibility index (Phi) is 3.91. The molecule has 0 fully saturated rings. The van der Waals surface area contributed by atoms with Gasteiger partial charge in [0.1, 0.15) is 11.6 Å². The van der Waals surface area contributed by atoms with E-state index in [1.54, 1.807) is 0 Å². The highest BCUT2D eigenvalue weighted by molar-refractivity contribution is 9.10. The molecule has 0 atom stereocenters. The maximum atomic E-state index is 13.4. The summed E-state index contributed by atoms with van der Waals surface area (Å²) in [6.45, 7) is 0. The van der Waals surface area contributed by atoms with E-state index >= 15 is 0 Å². The molecular weight excluding hydrogens is 319 g/mol. The molecule has 6 nitrogen and oxygen atoms in total. The van der Waals surface area contributed by atoms with Crippen molar-refractivity contribution in [3.05, 3.63) is 46.6 Å². The normalized spacial score (nSPS) is 11.4. The lowest BCUT2D eigenvalue weighted by Gasteiger charge is -2.08. The van der Waals surface area contributed by atoms with Crippen LogP contribution in [0, 0.1) is 5.82 Å². The average molecular weight is 327 g/mol. The number of oxime groups is 1. The van der Waals surface area contributed by atoms with Gasteiger partial charge in [-0.3, -0.25) is 0 Å². The van der Waals surface area contributed by atoms with Crippen molar-refractivity contribution in [3.63, 3.8) is 0 Å². The third-order valence-electron chi connectivity index (χ3n) is 2.12. The molecular formula is C11H8BrFN4O2. The number of nitrogens with two attached hydrogens (primary N) is 1. The highest BCUT2D eigenvalue weighted by atomic mass is 79.9. The van der Waals surface area contributed by atoms with Crippen LogP contribution in [-0.2, 0) is 0 Å². The smallest absolute Gasteiger partial charge is 0.249 e. The van der Waals surface area contributed by atoms with Gasteiger partial charge in [0.25, 0.3) is 0 Å². The van der Waals surface area contributed by atoms with Crippen LogP contribution in [0.4, 0.5) is 4.39 Å². The quantitative estimate of drug-likeness (QED) is 0.390. The summed E-state index contributed by atoms with van der Waals surface area (Å²) in [5.74, 6) is -0.500. The van der Waals surface area contributed by atoms with Crippen LogP contribution < -0.4 is 10.5 Å². The summed E-state index contributed by atoms with van der Waals surface area (Å²) in [6, 6.07) is 4.21. The fourth-order valence-electron chi connectivity index (χ4n) is 1.27. The number of amidine groups is 1. The Morgan fingerprint density at radius 3 is 2.79 bits per heavy atom. The highest BCUT2D eigenvalue weighted by Gasteiger charge is 2.12. The second kappa shape index (κ2) is 5.61. The van der Waals surface area contributed by atoms with Crippen LogP contribution in [0.2, 0.25) is 0 Å². The minimum Gasteiger partial charge on any atom is -0.437 e. The first-order valence-corrected chi connectivity index (χ1v) is 5.83. The van der Waals surface area contributed by atoms with Gasteiger partial charge in [-0.1, -0.05) is 5.16 Å². The van der Waals surface area contributed by atoms with E-state index in [1.807, 2.05) is 0 Å². The van der Waals surface area contributed by atoms with Gasteiger partial charge in [0, 0.05) is 18.5 Å². The average Bonchev–Trinajstić information content (AvgIpc) is 2.43. The number of hydrogen-bond donors (Lipinski definition) is 2. The van der Waals surface area contributed by atoms with Crippen LogP contribution in [0.5, 0.6) is 11.6 Å². The van der Waals surface area contributed by atoms with E-state index in [0.29, 0.717) is 4.47 Å². The molecule has 1 aromatic carbocycles. The summed E-state index contributed by atoms with van der Waals surface area (Å²) in [5, 5.41) is 11.5. The predicted molar refractivity (Wildman–Crippen MR) is 68.7 cm³/mol. The summed E-state index contributed by atoms with van der Waals surface area (Å²) >= 11 is 3.03. The van der Waals surface area contributed by atoms with E-state index in [1.165, 1.54) is 30.6 Å². The standard InChI is InChI=1S/C11H8BrFN4O2/c12-7-2-1-6(5-8(7)13)19-11-9(10(14)17-18)15-3-4-16-11/h1-5,18H,(H2,14,17). The van der Waals surface area contributed by atoms with Crippen molar-refractivity contribution in [2.75, 3.05) is 0 Å². The molecule has 0 aliphatic heterocycles. The van der Waals surface area contributed by atoms with Gasteiger partial charge in [-0.05, 0) is 28.1 Å². The molecule has 19 heavy (non-hydrogen) atoms. The molecule has 1 heterocycles. The SMILES string of the molecule is NC(=NO)c1nccnc1Oc1ccc(Br)c(F)c1. The van der Waals surface area contributed by atoms with Crippen LogP contribution in [0.1, 0.15) is 5.69 Å². The highest BCUT2D eigenvalue weighted by Crippen LogP contribution is 2.25. The Labute approximate surface area is 115 Å². The second-order valence-electron chi connectivity index (χ2n) is 3.37. The number of hydrogen-bond acceptors (Lipinski definition) is 5. The Morgan fingerprint density at radius 1 is 1.37 bits per heavy atom. The van der Waals surface area contributed by atoms with Gasteiger partial charge in [0.15, 0.2) is 11.5 Å². The maximum Gasteiger partial charge on any atom is 0.249 e. The van der Waals surface area contributed by atoms with Crippen molar-refractivity contribution in [1.29, 1.82) is 0 Å². The van der Waals surface area contributed by atoms with Gasteiger partial charge in [-0.2, -0.15) is 0 Å². The molecule has 0 spiro atoms. The molecule has 0 saturated heterocycles. The number of halogens is 2. The number of aromatic nitrogens is 2. The number of nitrogens with zero attached hydrogens (tertiary/aromatic N) is 3. The molecule has 0 amide bonds. The topological polar surface area (TPSA) is 93.6 Å². The monoisotopic (exact) mass is 326 g/mol. The fourth-order valence-corrected chi connectivity index (χ4v) is 1.52. The van der Waals surface area contributed by atoms with Crippen molar-refractivity contribution >= 4 is 21.8 Å². The molecule has 2 rings (SSSR count). The van der Waals surface area contributed by atoms with Crippen molar-refractivity contribution in [2.24, 2.45) is 10.9 Å². The van der Waals surface area contributed by atoms with Crippen LogP contribution in [0.3, 0.4) is 0 Å². The molecule has 0 saturated carbocycles. The van der Waals surface area contributed by atoms with Gasteiger partial charge in [-0.25, -0.2) is 14.4 Å². The van der Waals surface area contributed by atoms with E-state index in [0.717, 1.165) is 0 Å². The Hall–Kier alpha value is -2.22. The molecule has 98 valence electrons. The second-order valence-corrected chi connectivity index (χ2v) is 4.23. The van der Waals surface area contributed by atoms with Crippen LogP contribution in [0.15, 0.2) is 40.2 Å². The van der Waals surface area contributed by atoms with Crippen molar-refractivity contribution in [2.45, 2.75) is 0 Å². The Bertz CT molecular complexity index is 636. The first-order chi connectivity index (χ1) is 9.11. The van der Waals surface area contributed by atoms with Crippen LogP contribution >= 0.6 is 15.9 Å². The summed E-state index contributed by atoms with van der Waals surface area (Å²) in [4.78, 5) is 7.78. The molecule has 0 radical (unpaired) electrons. The molecule has 0 aliphatic carbocycles. The van der Waals surface area contributed by atoms with Gasteiger partial charge in [-0.15, -0.1) is 0 Å². The van der Waals surface area contributed by atoms with E-state index in [2.05, 4.69) is 31.1 Å². The summed E-state index contributed by atoms with van der Waals surface area (Å²) in [6.07, 6.45) is 2.74. The molecule has 0 unspecified atom stereocenters. The van der Waals surface area contributed by atoms with E-state index in [-0.39, 0.29) is 23.2 Å². The van der Waals surface area contributed by atoms with Crippen molar-refractivity contribution in [3.8, 4) is 11.6 Å². The number of ether oxygens (including phenoxy) is 1. The maximum absolute atomic E-state index is 13.4. The molecule has 2 aromatic rings. The lowest BCUT2D eigenvalue weighted by molar-refractivity contribution is 0.318. The molecule has 0 bridgehead atoms. The van der Waals surface area contributed by atoms with Gasteiger partial charge < -0.3 is 15.7 Å². The van der Waals surface area contributed by atoms with E-state index < -0.39 is 5.82 Å². The zero-order valence-corrected chi connectivity index (χ0v) is 11.0. The van der Waals surface area contributed by atoms with Crippen LogP contribution in [-0.4, -0.2) is 21.0 Å². The Balaban J connectivity index is 2.35. The predicted octanol–water partition coefficient (Wildman–Crippen LogP) is 2.26. The number of benzene rings is 1. The largest absolute Gasteiger partial charge is 0.437 e. The lowest BCUT2D eigenvalue weighted by Crippen LogP contribution is -2.16. The number of rotatable bonds is 3. The first-order valence-electron chi connectivity index (χ1n) is 5.03. The molecule has 0 aliphatic rings. The minimum atomic E-state index is -0.480. The zero-order valence-electron chi connectivity index (χ0n) is 9.42. The summed E-state index contributed by atoms with van der Waals surface area (Å²) in [5.41, 5.74) is 5.50. The van der Waals surface area contributed by atoms with Gasteiger partial charge >= 0.3 is 0 Å². The van der Waals surface area contributed by atoms with E-state index in [4.69, 9.17) is 15.7 Å². The third kappa shape index (κ3) is 2.97. The summed E-state index contributed by atoms with van der Waals surface area (Å²) < 4.78 is 19.0. The van der Waals surface area contributed by atoms with Crippen LogP contribution in [0.25, 0.3) is 0 Å². The third-order valence-corrected chi connectivity index (χ3v) is 2.76. The molecule has 8 heteroatoms. The fraction of sp³-hybridized carbons (Fsp3) is 0. The van der Waals surface area contributed by atoms with Crippen molar-refractivity contribution < 1.29 is 14.3 Å². The first kappa shape index (κ1) is 13.2. The lowest BCUT2D eigenvalue weighted by atomic mass is 10.3. The van der Waals surface area contributed by atoms with Gasteiger partial charge in [0.05, 0.1) is 4.47 Å². The van der Waals surface area contributed by atoms with Crippen molar-refractivity contribution in [1.82, 2.24) is 9.97 Å². The van der Waals surface area contributed by atoms with E-state index in [9.17, 15) is 4.39 Å².